The molecule has 2 heterocycles. The van der Waals surface area contributed by atoms with Crippen LogP contribution in [-0.4, -0.2) is 6.54 Å². The summed E-state index contributed by atoms with van der Waals surface area (Å²) in [5.74, 6) is 1.03. The van der Waals surface area contributed by atoms with Crippen LogP contribution in [0.4, 0.5) is 0 Å². The molecule has 2 rings (SSSR count). The second-order valence-corrected chi connectivity index (χ2v) is 2.58. The molecular formula is C8H10NO. The lowest BCUT2D eigenvalue weighted by molar-refractivity contribution is 0.442. The van der Waals surface area contributed by atoms with Crippen molar-refractivity contribution in [3.8, 4) is 0 Å². The third kappa shape index (κ3) is 0.948. The van der Waals surface area contributed by atoms with Crippen molar-refractivity contribution in [2.75, 3.05) is 6.54 Å². The molecule has 0 aromatic carbocycles. The fourth-order valence-corrected chi connectivity index (χ4v) is 1.34. The largest absolute Gasteiger partial charge is 0.468 e. The average Bonchev–Trinajstić information content (AvgIpc) is 2.59. The topological polar surface area (TPSA) is 27.2 Å². The molecule has 0 N–H and O–H groups in total. The van der Waals surface area contributed by atoms with E-state index in [0.29, 0.717) is 6.04 Å². The molecule has 1 fully saturated rings. The molecule has 1 saturated heterocycles. The van der Waals surface area contributed by atoms with Gasteiger partial charge < -0.3 is 4.42 Å². The molecule has 1 atom stereocenters. The summed E-state index contributed by atoms with van der Waals surface area (Å²) in [5.41, 5.74) is 0. The molecule has 1 aromatic heterocycles. The Bertz CT molecular complexity index is 187. The summed E-state index contributed by atoms with van der Waals surface area (Å²) in [4.78, 5) is 0. The van der Waals surface area contributed by atoms with Crippen LogP contribution in [0.3, 0.4) is 0 Å². The first kappa shape index (κ1) is 5.98. The Morgan fingerprint density at radius 1 is 1.60 bits per heavy atom. The smallest absolute Gasteiger partial charge is 0.122 e. The molecule has 2 heteroatoms. The van der Waals surface area contributed by atoms with E-state index in [1.54, 1.807) is 6.26 Å². The minimum atomic E-state index is 0.356. The molecule has 10 heavy (non-hydrogen) atoms. The molecule has 1 radical (unpaired) electrons. The van der Waals surface area contributed by atoms with E-state index in [1.165, 1.54) is 6.42 Å². The predicted molar refractivity (Wildman–Crippen MR) is 37.7 cm³/mol. The average molecular weight is 136 g/mol. The van der Waals surface area contributed by atoms with Crippen molar-refractivity contribution in [2.45, 2.75) is 18.9 Å². The zero-order chi connectivity index (χ0) is 6.81. The first-order valence-corrected chi connectivity index (χ1v) is 3.67. The number of furan rings is 1. The first-order valence-electron chi connectivity index (χ1n) is 3.67. The monoisotopic (exact) mass is 136 g/mol. The van der Waals surface area contributed by atoms with Gasteiger partial charge in [0.15, 0.2) is 0 Å². The van der Waals surface area contributed by atoms with Crippen molar-refractivity contribution in [1.82, 2.24) is 5.32 Å². The fraction of sp³-hybridized carbons (Fsp3) is 0.500. The van der Waals surface area contributed by atoms with Crippen molar-refractivity contribution in [3.05, 3.63) is 24.2 Å². The van der Waals surface area contributed by atoms with E-state index in [4.69, 9.17) is 4.42 Å². The molecule has 1 unspecified atom stereocenters. The second-order valence-electron chi connectivity index (χ2n) is 2.58. The second kappa shape index (κ2) is 2.46. The van der Waals surface area contributed by atoms with Gasteiger partial charge in [0.25, 0.3) is 0 Å². The van der Waals surface area contributed by atoms with Crippen LogP contribution in [-0.2, 0) is 0 Å². The highest BCUT2D eigenvalue weighted by Gasteiger charge is 2.19. The number of hydrogen-bond donors (Lipinski definition) is 0. The summed E-state index contributed by atoms with van der Waals surface area (Å²) in [5, 5.41) is 4.38. The minimum absolute atomic E-state index is 0.356. The van der Waals surface area contributed by atoms with Crippen molar-refractivity contribution in [3.63, 3.8) is 0 Å². The molecule has 0 aliphatic carbocycles. The van der Waals surface area contributed by atoms with Gasteiger partial charge in [-0.2, -0.15) is 0 Å². The summed E-state index contributed by atoms with van der Waals surface area (Å²) in [6.07, 6.45) is 4.09. The Morgan fingerprint density at radius 2 is 2.60 bits per heavy atom. The lowest BCUT2D eigenvalue weighted by atomic mass is 10.2. The van der Waals surface area contributed by atoms with E-state index < -0.39 is 0 Å². The molecule has 2 nitrogen and oxygen atoms in total. The van der Waals surface area contributed by atoms with E-state index in [1.807, 2.05) is 12.1 Å². The molecular weight excluding hydrogens is 126 g/mol. The van der Waals surface area contributed by atoms with Crippen molar-refractivity contribution in [1.29, 1.82) is 0 Å². The normalized spacial score (nSPS) is 25.4. The quantitative estimate of drug-likeness (QED) is 0.577. The lowest BCUT2D eigenvalue weighted by Gasteiger charge is -2.01. The molecule has 0 amide bonds. The van der Waals surface area contributed by atoms with Gasteiger partial charge in [0, 0.05) is 6.54 Å². The van der Waals surface area contributed by atoms with E-state index in [0.717, 1.165) is 18.7 Å². The molecule has 1 aliphatic heterocycles. The number of nitrogens with zero attached hydrogens (tertiary/aromatic N) is 1. The standard InChI is InChI=1S/C8H10NO/c1-3-7(9-5-1)8-4-2-6-10-8/h2,4,6-7H,1,3,5H2. The van der Waals surface area contributed by atoms with Crippen LogP contribution in [0, 0.1) is 0 Å². The van der Waals surface area contributed by atoms with Crippen LogP contribution in [0.5, 0.6) is 0 Å². The van der Waals surface area contributed by atoms with Crippen LogP contribution in [0.25, 0.3) is 0 Å². The highest BCUT2D eigenvalue weighted by atomic mass is 16.3. The van der Waals surface area contributed by atoms with Crippen molar-refractivity contribution < 1.29 is 4.42 Å². The van der Waals surface area contributed by atoms with Gasteiger partial charge in [-0.15, -0.1) is 0 Å². The van der Waals surface area contributed by atoms with E-state index in [2.05, 4.69) is 5.32 Å². The van der Waals surface area contributed by atoms with Crippen LogP contribution in [0.15, 0.2) is 22.8 Å². The van der Waals surface area contributed by atoms with Gasteiger partial charge in [0.1, 0.15) is 5.76 Å². The van der Waals surface area contributed by atoms with Crippen LogP contribution >= 0.6 is 0 Å². The summed E-state index contributed by atoms with van der Waals surface area (Å²) in [6, 6.07) is 4.28. The molecule has 1 aromatic rings. The molecule has 0 saturated carbocycles. The highest BCUT2D eigenvalue weighted by Crippen LogP contribution is 2.24. The Morgan fingerprint density at radius 3 is 3.20 bits per heavy atom. The highest BCUT2D eigenvalue weighted by molar-refractivity contribution is 5.05. The molecule has 0 bridgehead atoms. The van der Waals surface area contributed by atoms with Gasteiger partial charge in [-0.25, -0.2) is 5.32 Å². The first-order chi connectivity index (χ1) is 4.97. The van der Waals surface area contributed by atoms with E-state index in [9.17, 15) is 0 Å². The van der Waals surface area contributed by atoms with Gasteiger partial charge in [-0.1, -0.05) is 0 Å². The third-order valence-corrected chi connectivity index (χ3v) is 1.86. The Kier molecular flexibility index (Phi) is 1.47. The zero-order valence-corrected chi connectivity index (χ0v) is 5.79. The van der Waals surface area contributed by atoms with E-state index >= 15 is 0 Å². The molecule has 53 valence electrons. The van der Waals surface area contributed by atoms with Gasteiger partial charge in [-0.3, -0.25) is 0 Å². The minimum Gasteiger partial charge on any atom is -0.468 e. The molecule has 0 spiro atoms. The Labute approximate surface area is 60.2 Å². The number of hydrogen-bond acceptors (Lipinski definition) is 1. The maximum atomic E-state index is 5.22. The van der Waals surface area contributed by atoms with Gasteiger partial charge in [0.05, 0.1) is 12.3 Å². The van der Waals surface area contributed by atoms with Gasteiger partial charge >= 0.3 is 0 Å². The summed E-state index contributed by atoms with van der Waals surface area (Å²) in [7, 11) is 0. The zero-order valence-electron chi connectivity index (χ0n) is 5.79. The van der Waals surface area contributed by atoms with Crippen LogP contribution in [0.1, 0.15) is 24.6 Å². The molecule has 1 aliphatic rings. The summed E-state index contributed by atoms with van der Waals surface area (Å²) in [6.45, 7) is 1.01. The van der Waals surface area contributed by atoms with Crippen molar-refractivity contribution in [2.24, 2.45) is 0 Å². The maximum absolute atomic E-state index is 5.22. The van der Waals surface area contributed by atoms with Crippen LogP contribution in [0.2, 0.25) is 0 Å². The van der Waals surface area contributed by atoms with E-state index in [-0.39, 0.29) is 0 Å². The predicted octanol–water partition coefficient (Wildman–Crippen LogP) is 1.72. The Balaban J connectivity index is 2.12. The maximum Gasteiger partial charge on any atom is 0.122 e. The van der Waals surface area contributed by atoms with Crippen molar-refractivity contribution >= 4 is 0 Å². The lowest BCUT2D eigenvalue weighted by Crippen LogP contribution is -2.03. The fourth-order valence-electron chi connectivity index (χ4n) is 1.34. The summed E-state index contributed by atoms with van der Waals surface area (Å²) >= 11 is 0. The van der Waals surface area contributed by atoms with Gasteiger partial charge in [0.2, 0.25) is 0 Å². The number of rotatable bonds is 1. The summed E-state index contributed by atoms with van der Waals surface area (Å²) < 4.78 is 5.22. The third-order valence-electron chi connectivity index (χ3n) is 1.86. The Hall–Kier alpha value is -0.760. The van der Waals surface area contributed by atoms with Crippen LogP contribution < -0.4 is 5.32 Å². The SMILES string of the molecule is c1coc(C2CCC[N]2)c1. The van der Waals surface area contributed by atoms with Gasteiger partial charge in [-0.05, 0) is 25.0 Å².